The predicted molar refractivity (Wildman–Crippen MR) is 115 cm³/mol. The molecule has 0 radical (unpaired) electrons. The number of phenolic OH excluding ortho intramolecular Hbond substituents is 1. The van der Waals surface area contributed by atoms with Crippen LogP contribution in [0.4, 0.5) is 0 Å². The zero-order valence-corrected chi connectivity index (χ0v) is 18.4. The van der Waals surface area contributed by atoms with Gasteiger partial charge in [0.2, 0.25) is 0 Å². The van der Waals surface area contributed by atoms with Gasteiger partial charge in [0.1, 0.15) is 18.3 Å². The molecular formula is C24H31NO5. The maximum absolute atomic E-state index is 13.2. The Morgan fingerprint density at radius 3 is 2.67 bits per heavy atom. The Balaban J connectivity index is 1.98. The number of carbonyl (C=O) groups is 2. The summed E-state index contributed by atoms with van der Waals surface area (Å²) in [6.07, 6.45) is 1.13. The Labute approximate surface area is 178 Å². The second kappa shape index (κ2) is 8.72. The van der Waals surface area contributed by atoms with Crippen LogP contribution < -0.4 is 0 Å². The summed E-state index contributed by atoms with van der Waals surface area (Å²) < 4.78 is 11.0. The number of ketones is 1. The van der Waals surface area contributed by atoms with Crippen LogP contribution in [0.15, 0.2) is 40.5 Å². The summed E-state index contributed by atoms with van der Waals surface area (Å²) in [4.78, 5) is 30.9. The lowest BCUT2D eigenvalue weighted by Crippen LogP contribution is -2.39. The molecule has 3 rings (SSSR count). The molecule has 1 aromatic rings. The highest BCUT2D eigenvalue weighted by Gasteiger charge is 2.46. The van der Waals surface area contributed by atoms with E-state index in [0.29, 0.717) is 36.3 Å². The van der Waals surface area contributed by atoms with Gasteiger partial charge in [-0.15, -0.1) is 0 Å². The first-order chi connectivity index (χ1) is 14.1. The van der Waals surface area contributed by atoms with Gasteiger partial charge in [-0.2, -0.15) is 0 Å². The monoisotopic (exact) mass is 413 g/mol. The van der Waals surface area contributed by atoms with Crippen molar-refractivity contribution < 1.29 is 24.2 Å². The molecule has 1 aliphatic carbocycles. The van der Waals surface area contributed by atoms with Crippen LogP contribution in [-0.2, 0) is 19.1 Å². The highest BCUT2D eigenvalue weighted by Crippen LogP contribution is 2.48. The van der Waals surface area contributed by atoms with Crippen LogP contribution in [0.3, 0.4) is 0 Å². The highest BCUT2D eigenvalue weighted by molar-refractivity contribution is 6.09. The van der Waals surface area contributed by atoms with Crippen LogP contribution in [-0.4, -0.2) is 41.9 Å². The molecule has 0 bridgehead atoms. The van der Waals surface area contributed by atoms with E-state index in [1.165, 1.54) is 0 Å². The van der Waals surface area contributed by atoms with Crippen LogP contribution >= 0.6 is 0 Å². The van der Waals surface area contributed by atoms with E-state index in [1.807, 2.05) is 26.8 Å². The molecule has 1 aromatic carbocycles. The molecule has 2 aliphatic rings. The average Bonchev–Trinajstić information content (AvgIpc) is 2.62. The zero-order chi connectivity index (χ0) is 22.1. The smallest absolute Gasteiger partial charge is 0.315 e. The molecule has 0 fully saturated rings. The van der Waals surface area contributed by atoms with Crippen LogP contribution in [0.25, 0.3) is 0 Å². The molecule has 0 amide bonds. The summed E-state index contributed by atoms with van der Waals surface area (Å²) in [5.41, 5.74) is 2.48. The molecule has 2 atom stereocenters. The van der Waals surface area contributed by atoms with Crippen LogP contribution in [0, 0.1) is 11.3 Å². The van der Waals surface area contributed by atoms with Gasteiger partial charge in [-0.3, -0.25) is 14.6 Å². The molecule has 0 saturated heterocycles. The van der Waals surface area contributed by atoms with Crippen molar-refractivity contribution in [2.75, 3.05) is 13.2 Å². The van der Waals surface area contributed by atoms with Crippen molar-refractivity contribution in [3.8, 4) is 5.75 Å². The molecule has 0 saturated carbocycles. The van der Waals surface area contributed by atoms with Gasteiger partial charge < -0.3 is 14.6 Å². The minimum Gasteiger partial charge on any atom is -0.508 e. The minimum atomic E-state index is -0.713. The van der Waals surface area contributed by atoms with Crippen molar-refractivity contribution in [2.45, 2.75) is 59.5 Å². The maximum Gasteiger partial charge on any atom is 0.315 e. The zero-order valence-electron chi connectivity index (χ0n) is 18.4. The number of aromatic hydroxyl groups is 1. The summed E-state index contributed by atoms with van der Waals surface area (Å²) in [5.74, 6) is -1.56. The molecule has 0 spiro atoms. The summed E-state index contributed by atoms with van der Waals surface area (Å²) >= 11 is 0. The SMILES string of the molecule is CC1=NC2=C(C(=O)CC(C)(C)C2)[C@H](c2cccc(O)c2)C1C(=O)OCCOC(C)C. The third kappa shape index (κ3) is 4.81. The Kier molecular flexibility index (Phi) is 6.46. The Morgan fingerprint density at radius 1 is 1.27 bits per heavy atom. The van der Waals surface area contributed by atoms with Gasteiger partial charge in [0, 0.05) is 29.3 Å². The number of carbonyl (C=O) groups excluding carboxylic acids is 2. The molecule has 1 aliphatic heterocycles. The molecule has 6 heteroatoms. The van der Waals surface area contributed by atoms with E-state index in [4.69, 9.17) is 9.47 Å². The van der Waals surface area contributed by atoms with Crippen LogP contribution in [0.1, 0.15) is 58.9 Å². The van der Waals surface area contributed by atoms with E-state index in [1.54, 1.807) is 18.2 Å². The predicted octanol–water partition coefficient (Wildman–Crippen LogP) is 4.18. The van der Waals surface area contributed by atoms with Crippen LogP contribution in [0.5, 0.6) is 5.75 Å². The maximum atomic E-state index is 13.2. The number of phenols is 1. The van der Waals surface area contributed by atoms with Crippen molar-refractivity contribution in [1.29, 1.82) is 0 Å². The molecule has 1 heterocycles. The van der Waals surface area contributed by atoms with Gasteiger partial charge >= 0.3 is 5.97 Å². The van der Waals surface area contributed by atoms with E-state index >= 15 is 0 Å². The summed E-state index contributed by atoms with van der Waals surface area (Å²) in [7, 11) is 0. The molecule has 6 nitrogen and oxygen atoms in total. The van der Waals surface area contributed by atoms with Gasteiger partial charge in [0.25, 0.3) is 0 Å². The Morgan fingerprint density at radius 2 is 2.00 bits per heavy atom. The number of Topliss-reactive ketones (excluding diaryl/α,β-unsaturated/α-hetero) is 1. The molecule has 162 valence electrons. The van der Waals surface area contributed by atoms with Gasteiger partial charge in [-0.1, -0.05) is 26.0 Å². The number of nitrogens with zero attached hydrogens (tertiary/aromatic N) is 1. The molecule has 1 unspecified atom stereocenters. The van der Waals surface area contributed by atoms with Crippen LogP contribution in [0.2, 0.25) is 0 Å². The minimum absolute atomic E-state index is 0.00628. The molecule has 30 heavy (non-hydrogen) atoms. The summed E-state index contributed by atoms with van der Waals surface area (Å²) in [6.45, 7) is 10.2. The lowest BCUT2D eigenvalue weighted by atomic mass is 9.67. The number of hydrogen-bond acceptors (Lipinski definition) is 6. The number of aliphatic imine (C=N–C) groups is 1. The number of allylic oxidation sites excluding steroid dienone is 2. The van der Waals surface area contributed by atoms with E-state index in [9.17, 15) is 14.7 Å². The fourth-order valence-corrected chi connectivity index (χ4v) is 4.34. The van der Waals surface area contributed by atoms with Gasteiger partial charge in [-0.05, 0) is 50.3 Å². The van der Waals surface area contributed by atoms with E-state index in [-0.39, 0.29) is 29.7 Å². The fraction of sp³-hybridized carbons (Fsp3) is 0.542. The van der Waals surface area contributed by atoms with Gasteiger partial charge in [0.05, 0.1) is 12.7 Å². The van der Waals surface area contributed by atoms with E-state index in [2.05, 4.69) is 18.8 Å². The second-order valence-corrected chi connectivity index (χ2v) is 9.19. The third-order valence-corrected chi connectivity index (χ3v) is 5.56. The van der Waals surface area contributed by atoms with Crippen molar-refractivity contribution in [3.63, 3.8) is 0 Å². The first kappa shape index (κ1) is 22.2. The summed E-state index contributed by atoms with van der Waals surface area (Å²) in [6, 6.07) is 6.75. The number of esters is 1. The average molecular weight is 414 g/mol. The lowest BCUT2D eigenvalue weighted by molar-refractivity contribution is -0.148. The topological polar surface area (TPSA) is 85.2 Å². The Bertz CT molecular complexity index is 897. The quantitative estimate of drug-likeness (QED) is 0.559. The van der Waals surface area contributed by atoms with Crippen molar-refractivity contribution in [2.24, 2.45) is 16.3 Å². The first-order valence-corrected chi connectivity index (χ1v) is 10.5. The van der Waals surface area contributed by atoms with Crippen molar-refractivity contribution >= 4 is 17.5 Å². The van der Waals surface area contributed by atoms with Crippen molar-refractivity contribution in [3.05, 3.63) is 41.1 Å². The number of ether oxygens (including phenoxy) is 2. The van der Waals surface area contributed by atoms with E-state index in [0.717, 1.165) is 5.70 Å². The largest absolute Gasteiger partial charge is 0.508 e. The Hall–Kier alpha value is -2.47. The number of rotatable bonds is 6. The molecule has 0 aromatic heterocycles. The lowest BCUT2D eigenvalue weighted by Gasteiger charge is -2.39. The van der Waals surface area contributed by atoms with Gasteiger partial charge in [-0.25, -0.2) is 0 Å². The fourth-order valence-electron chi connectivity index (χ4n) is 4.34. The highest BCUT2D eigenvalue weighted by atomic mass is 16.6. The third-order valence-electron chi connectivity index (χ3n) is 5.56. The van der Waals surface area contributed by atoms with E-state index < -0.39 is 17.8 Å². The molecular weight excluding hydrogens is 382 g/mol. The second-order valence-electron chi connectivity index (χ2n) is 9.19. The first-order valence-electron chi connectivity index (χ1n) is 10.5. The number of benzene rings is 1. The normalized spacial score (nSPS) is 23.3. The summed E-state index contributed by atoms with van der Waals surface area (Å²) in [5, 5.41) is 10.0. The molecule has 1 N–H and O–H groups in total. The van der Waals surface area contributed by atoms with Crippen molar-refractivity contribution in [1.82, 2.24) is 0 Å². The standard InChI is InChI=1S/C24H31NO5/c1-14(2)29-9-10-30-23(28)20-15(3)25-18-12-24(4,5)13-19(27)22(18)21(20)16-7-6-8-17(26)11-16/h6-8,11,14,20-21,26H,9-10,12-13H2,1-5H3/t20?,21-/m1/s1. The van der Waals surface area contributed by atoms with Gasteiger partial charge in [0.15, 0.2) is 5.78 Å². The number of hydrogen-bond donors (Lipinski definition) is 1.